The lowest BCUT2D eigenvalue weighted by Crippen LogP contribution is -2.52. The number of H-pyrrole nitrogens is 1. The summed E-state index contributed by atoms with van der Waals surface area (Å²) >= 11 is 0. The number of hydrogen-bond donors (Lipinski definition) is 1. The van der Waals surface area contributed by atoms with Crippen LogP contribution < -0.4 is 9.47 Å². The van der Waals surface area contributed by atoms with Crippen LogP contribution >= 0.6 is 0 Å². The summed E-state index contributed by atoms with van der Waals surface area (Å²) in [6.45, 7) is 7.21. The van der Waals surface area contributed by atoms with Gasteiger partial charge in [0.05, 0.1) is 13.2 Å². The van der Waals surface area contributed by atoms with Gasteiger partial charge in [0.1, 0.15) is 18.1 Å². The number of benzene rings is 2. The minimum atomic E-state index is -0.123. The van der Waals surface area contributed by atoms with Crippen LogP contribution in [0.3, 0.4) is 0 Å². The molecule has 4 rings (SSSR count). The van der Waals surface area contributed by atoms with Gasteiger partial charge in [-0.2, -0.15) is 0 Å². The van der Waals surface area contributed by atoms with Gasteiger partial charge in [-0.1, -0.05) is 18.2 Å². The summed E-state index contributed by atoms with van der Waals surface area (Å²) in [6.07, 6.45) is 1.84. The highest BCUT2D eigenvalue weighted by Gasteiger charge is 2.27. The molecule has 158 valence electrons. The molecule has 1 aliphatic heterocycles. The number of ether oxygens (including phenoxy) is 2. The minimum absolute atomic E-state index is 0.123. The number of piperazine rings is 1. The molecule has 2 heterocycles. The first kappa shape index (κ1) is 20.4. The molecule has 0 bridgehead atoms. The third-order valence-corrected chi connectivity index (χ3v) is 5.92. The Kier molecular flexibility index (Phi) is 6.35. The lowest BCUT2D eigenvalue weighted by atomic mass is 10.0. The monoisotopic (exact) mass is 407 g/mol. The highest BCUT2D eigenvalue weighted by Crippen LogP contribution is 2.21. The Morgan fingerprint density at radius 3 is 2.47 bits per heavy atom. The van der Waals surface area contributed by atoms with E-state index in [9.17, 15) is 4.79 Å². The maximum absolute atomic E-state index is 13.1. The van der Waals surface area contributed by atoms with Crippen molar-refractivity contribution in [2.75, 3.05) is 46.4 Å². The normalized spacial score (nSPS) is 16.5. The van der Waals surface area contributed by atoms with E-state index in [1.165, 1.54) is 0 Å². The number of ketones is 1. The summed E-state index contributed by atoms with van der Waals surface area (Å²) in [5.41, 5.74) is 1.79. The fraction of sp³-hybridized carbons (Fsp3) is 0.375. The molecule has 6 nitrogen and oxygen atoms in total. The van der Waals surface area contributed by atoms with Crippen LogP contribution in [0.5, 0.6) is 11.5 Å². The molecule has 2 aromatic carbocycles. The number of hydrogen-bond acceptors (Lipinski definition) is 5. The molecule has 0 spiro atoms. The molecular weight excluding hydrogens is 378 g/mol. The lowest BCUT2D eigenvalue weighted by molar-refractivity contribution is 0.0674. The highest BCUT2D eigenvalue weighted by atomic mass is 16.5. The SMILES string of the molecule is COc1ccc(OCCN2CCN([C@@H](C)C(=O)c3c[nH]c4ccccc34)CC2)cc1. The van der Waals surface area contributed by atoms with E-state index in [-0.39, 0.29) is 11.8 Å². The predicted molar refractivity (Wildman–Crippen MR) is 119 cm³/mol. The molecule has 1 fully saturated rings. The standard InChI is InChI=1S/C24H29N3O3/c1-18(24(28)22-17-25-23-6-4-3-5-21(22)23)27-13-11-26(12-14-27)15-16-30-20-9-7-19(29-2)8-10-20/h3-10,17-18,25H,11-16H2,1-2H3/t18-/m0/s1. The van der Waals surface area contributed by atoms with Gasteiger partial charge in [0.2, 0.25) is 0 Å². The Morgan fingerprint density at radius 2 is 1.73 bits per heavy atom. The maximum atomic E-state index is 13.1. The van der Waals surface area contributed by atoms with E-state index in [0.717, 1.165) is 60.7 Å². The summed E-state index contributed by atoms with van der Waals surface area (Å²) in [4.78, 5) is 21.0. The van der Waals surface area contributed by atoms with Crippen molar-refractivity contribution in [3.63, 3.8) is 0 Å². The van der Waals surface area contributed by atoms with Crippen molar-refractivity contribution in [1.29, 1.82) is 0 Å². The molecule has 0 saturated carbocycles. The zero-order chi connectivity index (χ0) is 20.9. The summed E-state index contributed by atoms with van der Waals surface area (Å²) in [5, 5.41) is 1.00. The van der Waals surface area contributed by atoms with E-state index < -0.39 is 0 Å². The number of carbonyl (C=O) groups excluding carboxylic acids is 1. The first-order valence-corrected chi connectivity index (χ1v) is 10.5. The van der Waals surface area contributed by atoms with Gasteiger partial charge in [0.15, 0.2) is 5.78 Å². The Morgan fingerprint density at radius 1 is 1.03 bits per heavy atom. The van der Waals surface area contributed by atoms with Gasteiger partial charge in [-0.05, 0) is 37.3 Å². The molecule has 1 saturated heterocycles. The maximum Gasteiger partial charge on any atom is 0.181 e. The zero-order valence-electron chi connectivity index (χ0n) is 17.6. The lowest BCUT2D eigenvalue weighted by Gasteiger charge is -2.37. The van der Waals surface area contributed by atoms with E-state index >= 15 is 0 Å². The molecule has 3 aromatic rings. The second-order valence-electron chi connectivity index (χ2n) is 7.69. The summed E-state index contributed by atoms with van der Waals surface area (Å²) in [7, 11) is 1.66. The molecule has 1 aromatic heterocycles. The largest absolute Gasteiger partial charge is 0.497 e. The van der Waals surface area contributed by atoms with Crippen molar-refractivity contribution >= 4 is 16.7 Å². The van der Waals surface area contributed by atoms with Crippen molar-refractivity contribution in [3.05, 3.63) is 60.3 Å². The van der Waals surface area contributed by atoms with Crippen LogP contribution in [0.2, 0.25) is 0 Å². The molecule has 0 amide bonds. The van der Waals surface area contributed by atoms with Crippen LogP contribution in [-0.2, 0) is 0 Å². The summed E-state index contributed by atoms with van der Waals surface area (Å²) in [5.74, 6) is 1.87. The Hall–Kier alpha value is -2.83. The molecular formula is C24H29N3O3. The predicted octanol–water partition coefficient (Wildman–Crippen LogP) is 3.44. The van der Waals surface area contributed by atoms with Crippen LogP contribution in [0.1, 0.15) is 17.3 Å². The summed E-state index contributed by atoms with van der Waals surface area (Å²) < 4.78 is 11.0. The van der Waals surface area contributed by atoms with E-state index in [1.807, 2.05) is 61.7 Å². The van der Waals surface area contributed by atoms with E-state index in [2.05, 4.69) is 14.8 Å². The molecule has 1 aliphatic rings. The summed E-state index contributed by atoms with van der Waals surface area (Å²) in [6, 6.07) is 15.5. The van der Waals surface area contributed by atoms with Gasteiger partial charge < -0.3 is 14.5 Å². The molecule has 1 N–H and O–H groups in total. The van der Waals surface area contributed by atoms with Crippen molar-refractivity contribution in [2.45, 2.75) is 13.0 Å². The van der Waals surface area contributed by atoms with Crippen molar-refractivity contribution in [3.8, 4) is 11.5 Å². The fourth-order valence-electron chi connectivity index (χ4n) is 4.01. The van der Waals surface area contributed by atoms with Gasteiger partial charge in [0, 0.05) is 55.4 Å². The molecule has 0 unspecified atom stereocenters. The van der Waals surface area contributed by atoms with Crippen LogP contribution in [0.25, 0.3) is 10.9 Å². The van der Waals surface area contributed by atoms with Crippen LogP contribution in [-0.4, -0.2) is 73.0 Å². The number of fused-ring (bicyclic) bond motifs is 1. The Bertz CT molecular complexity index is 975. The quantitative estimate of drug-likeness (QED) is 0.580. The zero-order valence-corrected chi connectivity index (χ0v) is 17.6. The van der Waals surface area contributed by atoms with Crippen LogP contribution in [0, 0.1) is 0 Å². The van der Waals surface area contributed by atoms with Gasteiger partial charge in [0.25, 0.3) is 0 Å². The number of nitrogens with one attached hydrogen (secondary N) is 1. The number of para-hydroxylation sites is 1. The molecule has 6 heteroatoms. The van der Waals surface area contributed by atoms with E-state index in [4.69, 9.17) is 9.47 Å². The second-order valence-corrected chi connectivity index (χ2v) is 7.69. The van der Waals surface area contributed by atoms with Gasteiger partial charge in [-0.15, -0.1) is 0 Å². The van der Waals surface area contributed by atoms with Crippen molar-refractivity contribution in [2.24, 2.45) is 0 Å². The number of methoxy groups -OCH3 is 1. The molecule has 30 heavy (non-hydrogen) atoms. The Balaban J connectivity index is 1.25. The average molecular weight is 408 g/mol. The number of nitrogens with zero attached hydrogens (tertiary/aromatic N) is 2. The molecule has 0 radical (unpaired) electrons. The van der Waals surface area contributed by atoms with E-state index in [0.29, 0.717) is 6.61 Å². The van der Waals surface area contributed by atoms with Gasteiger partial charge in [-0.25, -0.2) is 0 Å². The second kappa shape index (κ2) is 9.32. The number of rotatable bonds is 8. The molecule has 0 aliphatic carbocycles. The fourth-order valence-corrected chi connectivity index (χ4v) is 4.01. The third-order valence-electron chi connectivity index (χ3n) is 5.92. The number of aromatic amines is 1. The topological polar surface area (TPSA) is 57.8 Å². The third kappa shape index (κ3) is 4.50. The highest BCUT2D eigenvalue weighted by molar-refractivity contribution is 6.10. The number of carbonyl (C=O) groups is 1. The van der Waals surface area contributed by atoms with Gasteiger partial charge >= 0.3 is 0 Å². The van der Waals surface area contributed by atoms with Gasteiger partial charge in [-0.3, -0.25) is 14.6 Å². The molecule has 1 atom stereocenters. The number of aromatic nitrogens is 1. The van der Waals surface area contributed by atoms with Crippen LogP contribution in [0.4, 0.5) is 0 Å². The van der Waals surface area contributed by atoms with Crippen LogP contribution in [0.15, 0.2) is 54.7 Å². The first-order chi connectivity index (χ1) is 14.7. The number of Topliss-reactive ketones (excluding diaryl/α,β-unsaturated/α-hetero) is 1. The minimum Gasteiger partial charge on any atom is -0.497 e. The smallest absolute Gasteiger partial charge is 0.181 e. The average Bonchev–Trinajstić information content (AvgIpc) is 3.23. The van der Waals surface area contributed by atoms with E-state index in [1.54, 1.807) is 7.11 Å². The van der Waals surface area contributed by atoms with Crippen molar-refractivity contribution < 1.29 is 14.3 Å². The Labute approximate surface area is 177 Å². The van der Waals surface area contributed by atoms with Crippen molar-refractivity contribution in [1.82, 2.24) is 14.8 Å². The first-order valence-electron chi connectivity index (χ1n) is 10.5.